The highest BCUT2D eigenvalue weighted by Crippen LogP contribution is 2.26. The van der Waals surface area contributed by atoms with Crippen molar-refractivity contribution in [2.24, 2.45) is 0 Å². The van der Waals surface area contributed by atoms with Gasteiger partial charge in [-0.05, 0) is 15.9 Å². The molecule has 2 N–H and O–H groups in total. The van der Waals surface area contributed by atoms with Crippen LogP contribution in [0.3, 0.4) is 0 Å². The first-order valence-corrected chi connectivity index (χ1v) is 5.38. The van der Waals surface area contributed by atoms with E-state index in [0.29, 0.717) is 17.0 Å². The second kappa shape index (κ2) is 3.49. The van der Waals surface area contributed by atoms with Gasteiger partial charge in [0.25, 0.3) is 0 Å². The average Bonchev–Trinajstić information content (AvgIpc) is 2.61. The molecule has 0 spiro atoms. The molecule has 1 aliphatic rings. The van der Waals surface area contributed by atoms with E-state index in [-0.39, 0.29) is 0 Å². The number of anilines is 1. The number of hydrogen-bond acceptors (Lipinski definition) is 6. The maximum atomic E-state index is 9.29. The van der Waals surface area contributed by atoms with Crippen molar-refractivity contribution < 1.29 is 10.2 Å². The van der Waals surface area contributed by atoms with Gasteiger partial charge in [-0.3, -0.25) is 0 Å². The SMILES string of the molecule is OC1CN(c2nnc(Br)s2)CC1O. The van der Waals surface area contributed by atoms with E-state index >= 15 is 0 Å². The molecule has 7 heteroatoms. The van der Waals surface area contributed by atoms with Gasteiger partial charge < -0.3 is 15.1 Å². The minimum Gasteiger partial charge on any atom is -0.389 e. The number of aromatic nitrogens is 2. The van der Waals surface area contributed by atoms with E-state index in [2.05, 4.69) is 26.1 Å². The van der Waals surface area contributed by atoms with Gasteiger partial charge >= 0.3 is 0 Å². The lowest BCUT2D eigenvalue weighted by Crippen LogP contribution is -2.22. The Hall–Kier alpha value is -0.240. The molecule has 5 nitrogen and oxygen atoms in total. The van der Waals surface area contributed by atoms with Crippen molar-refractivity contribution in [1.82, 2.24) is 10.2 Å². The highest BCUT2D eigenvalue weighted by molar-refractivity contribution is 9.11. The van der Waals surface area contributed by atoms with E-state index in [1.54, 1.807) is 0 Å². The van der Waals surface area contributed by atoms with Crippen LogP contribution in [0.4, 0.5) is 5.13 Å². The fourth-order valence-corrected chi connectivity index (χ4v) is 2.36. The van der Waals surface area contributed by atoms with Crippen molar-refractivity contribution in [3.05, 3.63) is 3.92 Å². The van der Waals surface area contributed by atoms with Crippen LogP contribution in [0.1, 0.15) is 0 Å². The molecule has 1 saturated heterocycles. The summed E-state index contributed by atoms with van der Waals surface area (Å²) in [4.78, 5) is 1.82. The van der Waals surface area contributed by atoms with Crippen molar-refractivity contribution in [1.29, 1.82) is 0 Å². The zero-order chi connectivity index (χ0) is 9.42. The molecule has 1 aromatic rings. The second-order valence-electron chi connectivity index (χ2n) is 2.88. The maximum Gasteiger partial charge on any atom is 0.209 e. The van der Waals surface area contributed by atoms with Crippen LogP contribution in [0.15, 0.2) is 3.92 Å². The Labute approximate surface area is 87.1 Å². The molecule has 0 aliphatic carbocycles. The summed E-state index contributed by atoms with van der Waals surface area (Å²) in [6, 6.07) is 0. The van der Waals surface area contributed by atoms with Crippen LogP contribution in [0.5, 0.6) is 0 Å². The smallest absolute Gasteiger partial charge is 0.209 e. The van der Waals surface area contributed by atoms with E-state index < -0.39 is 12.2 Å². The fraction of sp³-hybridized carbons (Fsp3) is 0.667. The molecule has 0 aromatic carbocycles. The van der Waals surface area contributed by atoms with Gasteiger partial charge in [0.15, 0.2) is 3.92 Å². The largest absolute Gasteiger partial charge is 0.389 e. The van der Waals surface area contributed by atoms with E-state index in [9.17, 15) is 10.2 Å². The van der Waals surface area contributed by atoms with E-state index in [4.69, 9.17) is 0 Å². The van der Waals surface area contributed by atoms with E-state index in [1.165, 1.54) is 11.3 Å². The third-order valence-electron chi connectivity index (χ3n) is 1.92. The minimum absolute atomic E-state index is 0.419. The van der Waals surface area contributed by atoms with Gasteiger partial charge in [0.2, 0.25) is 5.13 Å². The van der Waals surface area contributed by atoms with Crippen molar-refractivity contribution in [3.8, 4) is 0 Å². The number of hydrogen-bond donors (Lipinski definition) is 2. The van der Waals surface area contributed by atoms with E-state index in [0.717, 1.165) is 5.13 Å². The Kier molecular flexibility index (Phi) is 2.50. The summed E-state index contributed by atoms with van der Waals surface area (Å²) >= 11 is 4.59. The van der Waals surface area contributed by atoms with Gasteiger partial charge in [-0.15, -0.1) is 10.2 Å². The zero-order valence-electron chi connectivity index (χ0n) is 6.59. The van der Waals surface area contributed by atoms with Gasteiger partial charge in [-0.25, -0.2) is 0 Å². The Morgan fingerprint density at radius 2 is 1.92 bits per heavy atom. The average molecular weight is 266 g/mol. The Morgan fingerprint density at radius 1 is 1.31 bits per heavy atom. The molecule has 2 rings (SSSR count). The lowest BCUT2D eigenvalue weighted by molar-refractivity contribution is 0.0572. The quantitative estimate of drug-likeness (QED) is 0.739. The molecule has 1 aliphatic heterocycles. The number of nitrogens with zero attached hydrogens (tertiary/aromatic N) is 3. The molecule has 1 aromatic heterocycles. The standard InChI is InChI=1S/C6H8BrN3O2S/c7-5-8-9-6(13-5)10-1-3(11)4(12)2-10/h3-4,11-12H,1-2H2. The lowest BCUT2D eigenvalue weighted by Gasteiger charge is -2.11. The first-order chi connectivity index (χ1) is 6.16. The molecular formula is C6H8BrN3O2S. The third-order valence-corrected chi connectivity index (χ3v) is 3.34. The van der Waals surface area contributed by atoms with Crippen LogP contribution in [-0.2, 0) is 0 Å². The molecule has 2 unspecified atom stereocenters. The van der Waals surface area contributed by atoms with Crippen molar-refractivity contribution in [2.45, 2.75) is 12.2 Å². The van der Waals surface area contributed by atoms with Crippen molar-refractivity contribution in [3.63, 3.8) is 0 Å². The fourth-order valence-electron chi connectivity index (χ4n) is 1.25. The highest BCUT2D eigenvalue weighted by atomic mass is 79.9. The van der Waals surface area contributed by atoms with Crippen LogP contribution < -0.4 is 4.90 Å². The number of halogens is 1. The third kappa shape index (κ3) is 1.83. The highest BCUT2D eigenvalue weighted by Gasteiger charge is 2.31. The molecule has 0 saturated carbocycles. The number of aliphatic hydroxyl groups excluding tert-OH is 2. The van der Waals surface area contributed by atoms with Crippen molar-refractivity contribution >= 4 is 32.4 Å². The summed E-state index contributed by atoms with van der Waals surface area (Å²) in [5.41, 5.74) is 0. The summed E-state index contributed by atoms with van der Waals surface area (Å²) in [6.45, 7) is 0.839. The number of aliphatic hydroxyl groups is 2. The maximum absolute atomic E-state index is 9.29. The van der Waals surface area contributed by atoms with Crippen LogP contribution >= 0.6 is 27.3 Å². The predicted molar refractivity (Wildman–Crippen MR) is 51.8 cm³/mol. The Morgan fingerprint density at radius 3 is 2.38 bits per heavy atom. The molecular weight excluding hydrogens is 258 g/mol. The predicted octanol–water partition coefficient (Wildman–Crippen LogP) is -0.158. The first-order valence-electron chi connectivity index (χ1n) is 3.77. The summed E-state index contributed by atoms with van der Waals surface area (Å²) in [5, 5.41) is 27.0. The molecule has 72 valence electrons. The summed E-state index contributed by atoms with van der Waals surface area (Å²) in [5.74, 6) is 0. The first kappa shape index (κ1) is 9.32. The minimum atomic E-state index is -0.678. The second-order valence-corrected chi connectivity index (χ2v) is 5.11. The molecule has 2 atom stereocenters. The van der Waals surface area contributed by atoms with Crippen molar-refractivity contribution in [2.75, 3.05) is 18.0 Å². The summed E-state index contributed by atoms with van der Waals surface area (Å²) < 4.78 is 0.707. The number of β-amino-alcohol motifs (C(OH)–C–C–N with tert-alkyl or cyclic N) is 2. The van der Waals surface area contributed by atoms with Gasteiger partial charge in [-0.2, -0.15) is 0 Å². The topological polar surface area (TPSA) is 69.5 Å². The molecule has 2 heterocycles. The van der Waals surface area contributed by atoms with Crippen LogP contribution in [0, 0.1) is 0 Å². The molecule has 0 bridgehead atoms. The van der Waals surface area contributed by atoms with Crippen LogP contribution in [0.25, 0.3) is 0 Å². The van der Waals surface area contributed by atoms with Gasteiger partial charge in [0.05, 0.1) is 12.2 Å². The van der Waals surface area contributed by atoms with E-state index in [1.807, 2.05) is 4.90 Å². The van der Waals surface area contributed by atoms with Crippen LogP contribution in [-0.4, -0.2) is 45.7 Å². The van der Waals surface area contributed by atoms with Crippen LogP contribution in [0.2, 0.25) is 0 Å². The summed E-state index contributed by atoms with van der Waals surface area (Å²) in [6.07, 6.45) is -1.36. The lowest BCUT2D eigenvalue weighted by atomic mass is 10.3. The molecule has 0 amide bonds. The number of rotatable bonds is 1. The molecule has 0 radical (unpaired) electrons. The molecule has 1 fully saturated rings. The normalized spacial score (nSPS) is 28.4. The Balaban J connectivity index is 2.11. The monoisotopic (exact) mass is 265 g/mol. The van der Waals surface area contributed by atoms with Gasteiger partial charge in [-0.1, -0.05) is 11.3 Å². The Bertz CT molecular complexity index is 298. The summed E-state index contributed by atoms with van der Waals surface area (Å²) in [7, 11) is 0. The van der Waals surface area contributed by atoms with Gasteiger partial charge in [0, 0.05) is 13.1 Å². The zero-order valence-corrected chi connectivity index (χ0v) is 8.99. The molecule has 13 heavy (non-hydrogen) atoms. The van der Waals surface area contributed by atoms with Gasteiger partial charge in [0.1, 0.15) is 0 Å².